The number of para-hydroxylation sites is 1. The third-order valence-corrected chi connectivity index (χ3v) is 7.22. The lowest BCUT2D eigenvalue weighted by Crippen LogP contribution is -2.56. The number of hydrogen-bond acceptors (Lipinski definition) is 6. The maximum atomic E-state index is 13.9. The van der Waals surface area contributed by atoms with Gasteiger partial charge in [-0.15, -0.1) is 0 Å². The highest BCUT2D eigenvalue weighted by Gasteiger charge is 2.70. The molecule has 2 aromatic carbocycles. The highest BCUT2D eigenvalue weighted by Crippen LogP contribution is 2.53. The molecule has 0 aromatic heterocycles. The molecule has 34 heavy (non-hydrogen) atoms. The summed E-state index contributed by atoms with van der Waals surface area (Å²) >= 11 is 0. The van der Waals surface area contributed by atoms with E-state index in [1.54, 1.807) is 56.4 Å². The minimum absolute atomic E-state index is 0.0733. The molecule has 0 radical (unpaired) electrons. The maximum Gasteiger partial charge on any atom is 0.292 e. The highest BCUT2D eigenvalue weighted by atomic mass is 16.5. The fraction of sp³-hybridized carbons (Fsp3) is 0.385. The maximum absolute atomic E-state index is 13.9. The predicted molar refractivity (Wildman–Crippen MR) is 123 cm³/mol. The first-order chi connectivity index (χ1) is 16.3. The molecule has 3 atom stereocenters. The van der Waals surface area contributed by atoms with Gasteiger partial charge in [0, 0.05) is 37.0 Å². The van der Waals surface area contributed by atoms with Gasteiger partial charge in [0.05, 0.1) is 13.2 Å². The lowest BCUT2D eigenvalue weighted by atomic mass is 9.75. The molecule has 3 unspecified atom stereocenters. The lowest BCUT2D eigenvalue weighted by molar-refractivity contribution is -0.145. The van der Waals surface area contributed by atoms with Crippen LogP contribution in [0.3, 0.4) is 0 Å². The molecule has 3 heterocycles. The van der Waals surface area contributed by atoms with Gasteiger partial charge in [-0.25, -0.2) is 0 Å². The number of methoxy groups -OCH3 is 1. The average molecular weight is 463 g/mol. The average Bonchev–Trinajstić information content (AvgIpc) is 3.49. The van der Waals surface area contributed by atoms with Crippen molar-refractivity contribution in [2.45, 2.75) is 31.4 Å². The van der Waals surface area contributed by atoms with Crippen LogP contribution in [-0.2, 0) is 24.7 Å². The van der Waals surface area contributed by atoms with Crippen LogP contribution in [0.5, 0.6) is 5.75 Å². The standard InChI is InChI=1S/C26H26N2O6/c1-15-13-16(10-11-20(15)33-3)22(29)21-23(30)24(31)28(14-17-7-6-12-34-17)26(21)18-8-4-5-9-19(18)27(2)25(26)32/h4-5,8-11,13,17,21H,6-7,12,14H2,1-3H3. The second-order valence-electron chi connectivity index (χ2n) is 9.04. The Labute approximate surface area is 197 Å². The number of amides is 2. The zero-order valence-electron chi connectivity index (χ0n) is 19.4. The monoisotopic (exact) mass is 462 g/mol. The summed E-state index contributed by atoms with van der Waals surface area (Å²) in [7, 11) is 3.14. The summed E-state index contributed by atoms with van der Waals surface area (Å²) in [6, 6.07) is 11.9. The second-order valence-corrected chi connectivity index (χ2v) is 9.04. The molecule has 3 aliphatic rings. The van der Waals surface area contributed by atoms with Crippen LogP contribution < -0.4 is 9.64 Å². The molecule has 0 bridgehead atoms. The van der Waals surface area contributed by atoms with Crippen molar-refractivity contribution in [3.05, 3.63) is 59.2 Å². The molecular weight excluding hydrogens is 436 g/mol. The smallest absolute Gasteiger partial charge is 0.292 e. The molecule has 176 valence electrons. The Balaban J connectivity index is 1.69. The van der Waals surface area contributed by atoms with Crippen molar-refractivity contribution in [1.29, 1.82) is 0 Å². The number of carbonyl (C=O) groups excluding carboxylic acids is 4. The van der Waals surface area contributed by atoms with Gasteiger partial charge in [0.1, 0.15) is 11.7 Å². The van der Waals surface area contributed by atoms with Crippen molar-refractivity contribution in [3.8, 4) is 5.75 Å². The third-order valence-electron chi connectivity index (χ3n) is 7.22. The number of benzene rings is 2. The molecule has 2 saturated heterocycles. The molecule has 5 rings (SSSR count). The quantitative estimate of drug-likeness (QED) is 0.385. The van der Waals surface area contributed by atoms with Gasteiger partial charge in [0.2, 0.25) is 5.78 Å². The van der Waals surface area contributed by atoms with Gasteiger partial charge in [-0.05, 0) is 49.6 Å². The third kappa shape index (κ3) is 2.94. The van der Waals surface area contributed by atoms with E-state index in [4.69, 9.17) is 9.47 Å². The van der Waals surface area contributed by atoms with E-state index in [2.05, 4.69) is 0 Å². The highest BCUT2D eigenvalue weighted by molar-refractivity contribution is 6.46. The van der Waals surface area contributed by atoms with Crippen LogP contribution in [0.15, 0.2) is 42.5 Å². The van der Waals surface area contributed by atoms with E-state index in [0.29, 0.717) is 29.2 Å². The van der Waals surface area contributed by atoms with E-state index >= 15 is 0 Å². The van der Waals surface area contributed by atoms with E-state index in [0.717, 1.165) is 12.8 Å². The number of carbonyl (C=O) groups is 4. The predicted octanol–water partition coefficient (Wildman–Crippen LogP) is 2.26. The molecule has 0 saturated carbocycles. The summed E-state index contributed by atoms with van der Waals surface area (Å²) in [6.07, 6.45) is 1.26. The molecule has 2 amide bonds. The van der Waals surface area contributed by atoms with Crippen LogP contribution in [-0.4, -0.2) is 61.7 Å². The van der Waals surface area contributed by atoms with Crippen molar-refractivity contribution in [2.75, 3.05) is 32.2 Å². The lowest BCUT2D eigenvalue weighted by Gasteiger charge is -2.37. The molecule has 2 aromatic rings. The topological polar surface area (TPSA) is 93.2 Å². The molecule has 8 heteroatoms. The first-order valence-corrected chi connectivity index (χ1v) is 11.4. The zero-order valence-corrected chi connectivity index (χ0v) is 19.4. The molecular formula is C26H26N2O6. The van der Waals surface area contributed by atoms with Crippen molar-refractivity contribution in [1.82, 2.24) is 4.90 Å². The first kappa shape index (κ1) is 22.3. The molecule has 0 N–H and O–H groups in total. The molecule has 1 spiro atoms. The fourth-order valence-electron chi connectivity index (χ4n) is 5.60. The normalized spacial score (nSPS) is 26.0. The minimum Gasteiger partial charge on any atom is -0.496 e. The summed E-state index contributed by atoms with van der Waals surface area (Å²) in [5, 5.41) is 0. The first-order valence-electron chi connectivity index (χ1n) is 11.4. The molecule has 2 fully saturated rings. The Hall–Kier alpha value is -3.52. The number of anilines is 1. The van der Waals surface area contributed by atoms with Crippen molar-refractivity contribution >= 4 is 29.1 Å². The van der Waals surface area contributed by atoms with Crippen molar-refractivity contribution in [3.63, 3.8) is 0 Å². The number of rotatable bonds is 5. The van der Waals surface area contributed by atoms with Crippen molar-refractivity contribution < 1.29 is 28.7 Å². The Morgan fingerprint density at radius 2 is 1.94 bits per heavy atom. The van der Waals surface area contributed by atoms with Gasteiger partial charge in [-0.2, -0.15) is 0 Å². The van der Waals surface area contributed by atoms with Crippen molar-refractivity contribution in [2.24, 2.45) is 5.92 Å². The summed E-state index contributed by atoms with van der Waals surface area (Å²) in [5.74, 6) is -3.60. The van der Waals surface area contributed by atoms with Gasteiger partial charge in [-0.3, -0.25) is 19.2 Å². The fourth-order valence-corrected chi connectivity index (χ4v) is 5.60. The van der Waals surface area contributed by atoms with Gasteiger partial charge in [0.15, 0.2) is 11.3 Å². The molecule has 8 nitrogen and oxygen atoms in total. The van der Waals surface area contributed by atoms with Gasteiger partial charge in [-0.1, -0.05) is 18.2 Å². The summed E-state index contributed by atoms with van der Waals surface area (Å²) in [6.45, 7) is 2.43. The van der Waals surface area contributed by atoms with Crippen LogP contribution in [0.4, 0.5) is 5.69 Å². The summed E-state index contributed by atoms with van der Waals surface area (Å²) in [4.78, 5) is 57.5. The molecule has 3 aliphatic heterocycles. The Morgan fingerprint density at radius 1 is 1.18 bits per heavy atom. The summed E-state index contributed by atoms with van der Waals surface area (Å²) < 4.78 is 11.0. The Kier molecular flexibility index (Phi) is 5.28. The number of Topliss-reactive ketones (excluding diaryl/α,β-unsaturated/α-hetero) is 2. The van der Waals surface area contributed by atoms with Crippen LogP contribution in [0.2, 0.25) is 0 Å². The van der Waals surface area contributed by atoms with E-state index in [1.807, 2.05) is 0 Å². The minimum atomic E-state index is -1.74. The van der Waals surface area contributed by atoms with E-state index < -0.39 is 34.8 Å². The Morgan fingerprint density at radius 3 is 2.62 bits per heavy atom. The number of nitrogens with zero attached hydrogens (tertiary/aromatic N) is 2. The zero-order chi connectivity index (χ0) is 24.2. The van der Waals surface area contributed by atoms with Gasteiger partial charge < -0.3 is 19.3 Å². The van der Waals surface area contributed by atoms with E-state index in [-0.39, 0.29) is 18.2 Å². The largest absolute Gasteiger partial charge is 0.496 e. The van der Waals surface area contributed by atoms with Crippen LogP contribution >= 0.6 is 0 Å². The SMILES string of the molecule is COc1ccc(C(=O)C2C(=O)C(=O)N(CC3CCCO3)C23C(=O)N(C)c2ccccc23)cc1C. The number of likely N-dealkylation sites (tertiary alicyclic amines) is 1. The van der Waals surface area contributed by atoms with Gasteiger partial charge >= 0.3 is 0 Å². The Bertz CT molecular complexity index is 1220. The van der Waals surface area contributed by atoms with E-state index in [9.17, 15) is 19.2 Å². The summed E-state index contributed by atoms with van der Waals surface area (Å²) in [5.41, 5.74) is 0.295. The van der Waals surface area contributed by atoms with E-state index in [1.165, 1.54) is 16.9 Å². The number of hydrogen-bond donors (Lipinski definition) is 0. The second kappa shape index (κ2) is 8.06. The van der Waals surface area contributed by atoms with Gasteiger partial charge in [0.25, 0.3) is 11.8 Å². The molecule has 0 aliphatic carbocycles. The van der Waals surface area contributed by atoms with Crippen LogP contribution in [0, 0.1) is 12.8 Å². The van der Waals surface area contributed by atoms with Crippen LogP contribution in [0.1, 0.15) is 34.3 Å². The number of fused-ring (bicyclic) bond motifs is 2. The number of ether oxygens (including phenoxy) is 2. The van der Waals surface area contributed by atoms with Crippen LogP contribution in [0.25, 0.3) is 0 Å². The number of ketones is 2. The number of aryl methyl sites for hydroxylation is 1. The number of likely N-dealkylation sites (N-methyl/N-ethyl adjacent to an activating group) is 1.